The average Bonchev–Trinajstić information content (AvgIpc) is 3.13. The standard InChI is InChI=1S/C16H20N4S/c1-11-9-13(10-20(11)14-7-8-14)17-16-18-15(19-21-16)12-5-3-2-4-6-12/h2-6,11,13-14H,7-10H2,1H3,(H,17,18,19). The molecule has 110 valence electrons. The minimum Gasteiger partial charge on any atom is -0.356 e. The number of nitrogens with zero attached hydrogens (tertiary/aromatic N) is 3. The Bertz CT molecular complexity index is 608. The summed E-state index contributed by atoms with van der Waals surface area (Å²) in [6, 6.07) is 12.2. The van der Waals surface area contributed by atoms with Crippen LogP contribution in [-0.2, 0) is 0 Å². The van der Waals surface area contributed by atoms with E-state index in [-0.39, 0.29) is 0 Å². The third kappa shape index (κ3) is 2.80. The van der Waals surface area contributed by atoms with E-state index in [4.69, 9.17) is 0 Å². The third-order valence-electron chi connectivity index (χ3n) is 4.42. The monoisotopic (exact) mass is 300 g/mol. The topological polar surface area (TPSA) is 41.1 Å². The molecule has 4 nitrogen and oxygen atoms in total. The van der Waals surface area contributed by atoms with Crippen LogP contribution in [0.2, 0.25) is 0 Å². The van der Waals surface area contributed by atoms with Gasteiger partial charge in [-0.05, 0) is 26.2 Å². The average molecular weight is 300 g/mol. The van der Waals surface area contributed by atoms with E-state index in [1.165, 1.54) is 30.8 Å². The van der Waals surface area contributed by atoms with Crippen molar-refractivity contribution in [1.82, 2.24) is 14.3 Å². The van der Waals surface area contributed by atoms with Gasteiger partial charge in [-0.25, -0.2) is 0 Å². The van der Waals surface area contributed by atoms with Gasteiger partial charge in [0.25, 0.3) is 0 Å². The number of benzene rings is 1. The number of likely N-dealkylation sites (tertiary alicyclic amines) is 1. The Morgan fingerprint density at radius 1 is 1.24 bits per heavy atom. The van der Waals surface area contributed by atoms with Crippen LogP contribution in [0.15, 0.2) is 30.3 Å². The molecule has 21 heavy (non-hydrogen) atoms. The van der Waals surface area contributed by atoms with Gasteiger partial charge in [0.15, 0.2) is 5.82 Å². The first-order valence-corrected chi connectivity index (χ1v) is 8.48. The van der Waals surface area contributed by atoms with Crippen molar-refractivity contribution in [3.05, 3.63) is 30.3 Å². The van der Waals surface area contributed by atoms with Gasteiger partial charge in [-0.3, -0.25) is 4.90 Å². The maximum Gasteiger partial charge on any atom is 0.203 e. The summed E-state index contributed by atoms with van der Waals surface area (Å²) in [5.74, 6) is 0.827. The van der Waals surface area contributed by atoms with E-state index in [9.17, 15) is 0 Å². The molecule has 1 N–H and O–H groups in total. The molecule has 2 aliphatic rings. The molecule has 1 aromatic carbocycles. The van der Waals surface area contributed by atoms with E-state index in [1.54, 1.807) is 0 Å². The van der Waals surface area contributed by atoms with Gasteiger partial charge in [-0.2, -0.15) is 9.36 Å². The number of nitrogens with one attached hydrogen (secondary N) is 1. The SMILES string of the molecule is CC1CC(Nc2nc(-c3ccccc3)ns2)CN1C1CC1. The van der Waals surface area contributed by atoms with E-state index >= 15 is 0 Å². The van der Waals surface area contributed by atoms with Gasteiger partial charge in [-0.15, -0.1) is 0 Å². The zero-order valence-electron chi connectivity index (χ0n) is 12.2. The van der Waals surface area contributed by atoms with Crippen molar-refractivity contribution in [1.29, 1.82) is 0 Å². The summed E-state index contributed by atoms with van der Waals surface area (Å²) >= 11 is 1.47. The van der Waals surface area contributed by atoms with Crippen LogP contribution >= 0.6 is 11.5 Å². The summed E-state index contributed by atoms with van der Waals surface area (Å²) < 4.78 is 4.47. The molecule has 0 spiro atoms. The van der Waals surface area contributed by atoms with Crippen LogP contribution in [0.4, 0.5) is 5.13 Å². The normalized spacial score (nSPS) is 26.1. The first kappa shape index (κ1) is 13.2. The van der Waals surface area contributed by atoms with Crippen molar-refractivity contribution in [3.63, 3.8) is 0 Å². The zero-order chi connectivity index (χ0) is 14.2. The molecule has 1 aromatic heterocycles. The Kier molecular flexibility index (Phi) is 3.39. The van der Waals surface area contributed by atoms with Crippen molar-refractivity contribution in [2.75, 3.05) is 11.9 Å². The fraction of sp³-hybridized carbons (Fsp3) is 0.500. The van der Waals surface area contributed by atoms with Gasteiger partial charge in [0.1, 0.15) is 0 Å². The highest BCUT2D eigenvalue weighted by atomic mass is 32.1. The molecule has 1 saturated carbocycles. The van der Waals surface area contributed by atoms with Gasteiger partial charge in [-0.1, -0.05) is 30.3 Å². The fourth-order valence-corrected chi connectivity index (χ4v) is 3.90. The van der Waals surface area contributed by atoms with Crippen LogP contribution in [0.3, 0.4) is 0 Å². The predicted molar refractivity (Wildman–Crippen MR) is 86.6 cm³/mol. The summed E-state index contributed by atoms with van der Waals surface area (Å²) in [5.41, 5.74) is 1.08. The van der Waals surface area contributed by atoms with Gasteiger partial charge < -0.3 is 5.32 Å². The van der Waals surface area contributed by atoms with Crippen LogP contribution in [0.5, 0.6) is 0 Å². The molecule has 1 aliphatic carbocycles. The maximum atomic E-state index is 4.63. The number of rotatable bonds is 4. The summed E-state index contributed by atoms with van der Waals surface area (Å²) in [4.78, 5) is 7.28. The molecular weight excluding hydrogens is 280 g/mol. The first-order chi connectivity index (χ1) is 10.3. The van der Waals surface area contributed by atoms with Crippen LogP contribution in [0, 0.1) is 0 Å². The molecule has 2 aromatic rings. The number of hydrogen-bond acceptors (Lipinski definition) is 5. The molecular formula is C16H20N4S. The van der Waals surface area contributed by atoms with Gasteiger partial charge in [0, 0.05) is 41.8 Å². The van der Waals surface area contributed by atoms with Crippen molar-refractivity contribution >= 4 is 16.7 Å². The molecule has 2 unspecified atom stereocenters. The van der Waals surface area contributed by atoms with Crippen molar-refractivity contribution in [3.8, 4) is 11.4 Å². The molecule has 4 rings (SSSR count). The summed E-state index contributed by atoms with van der Waals surface area (Å²) in [6.07, 6.45) is 3.97. The Hall–Kier alpha value is -1.46. The minimum absolute atomic E-state index is 0.511. The molecule has 2 heterocycles. The lowest BCUT2D eigenvalue weighted by atomic mass is 10.2. The van der Waals surface area contributed by atoms with Crippen LogP contribution in [-0.4, -0.2) is 38.9 Å². The number of hydrogen-bond donors (Lipinski definition) is 1. The lowest BCUT2D eigenvalue weighted by Crippen LogP contribution is -2.30. The second-order valence-electron chi connectivity index (χ2n) is 6.14. The Labute approximate surface area is 129 Å². The maximum absolute atomic E-state index is 4.63. The highest BCUT2D eigenvalue weighted by molar-refractivity contribution is 7.09. The molecule has 0 radical (unpaired) electrons. The molecule has 1 saturated heterocycles. The molecule has 0 amide bonds. The molecule has 5 heteroatoms. The van der Waals surface area contributed by atoms with E-state index in [2.05, 4.69) is 38.6 Å². The first-order valence-electron chi connectivity index (χ1n) is 7.71. The van der Waals surface area contributed by atoms with Gasteiger partial charge in [0.05, 0.1) is 0 Å². The zero-order valence-corrected chi connectivity index (χ0v) is 13.0. The summed E-state index contributed by atoms with van der Waals surface area (Å²) in [7, 11) is 0. The van der Waals surface area contributed by atoms with Crippen LogP contribution in [0.1, 0.15) is 26.2 Å². The largest absolute Gasteiger partial charge is 0.356 e. The fourth-order valence-electron chi connectivity index (χ4n) is 3.24. The minimum atomic E-state index is 0.511. The lowest BCUT2D eigenvalue weighted by Gasteiger charge is -2.19. The quantitative estimate of drug-likeness (QED) is 0.941. The van der Waals surface area contributed by atoms with Gasteiger partial charge in [0.2, 0.25) is 5.13 Å². The van der Waals surface area contributed by atoms with E-state index in [0.717, 1.165) is 29.1 Å². The third-order valence-corrected chi connectivity index (χ3v) is 5.07. The van der Waals surface area contributed by atoms with E-state index in [0.29, 0.717) is 12.1 Å². The summed E-state index contributed by atoms with van der Waals surface area (Å²) in [6.45, 7) is 3.49. The Morgan fingerprint density at radius 3 is 2.81 bits per heavy atom. The van der Waals surface area contributed by atoms with Crippen molar-refractivity contribution < 1.29 is 0 Å². The number of anilines is 1. The van der Waals surface area contributed by atoms with E-state index < -0.39 is 0 Å². The number of aromatic nitrogens is 2. The van der Waals surface area contributed by atoms with Crippen LogP contribution < -0.4 is 5.32 Å². The molecule has 2 fully saturated rings. The van der Waals surface area contributed by atoms with E-state index in [1.807, 2.05) is 18.2 Å². The Morgan fingerprint density at radius 2 is 2.05 bits per heavy atom. The second-order valence-corrected chi connectivity index (χ2v) is 6.89. The van der Waals surface area contributed by atoms with Crippen molar-refractivity contribution in [2.45, 2.75) is 44.3 Å². The Balaban J connectivity index is 1.43. The molecule has 1 aliphatic heterocycles. The molecule has 2 atom stereocenters. The summed E-state index contributed by atoms with van der Waals surface area (Å²) in [5, 5.41) is 4.53. The highest BCUT2D eigenvalue weighted by Crippen LogP contribution is 2.34. The smallest absolute Gasteiger partial charge is 0.203 e. The lowest BCUT2D eigenvalue weighted by molar-refractivity contribution is 0.257. The van der Waals surface area contributed by atoms with Gasteiger partial charge >= 0.3 is 0 Å². The molecule has 0 bridgehead atoms. The second kappa shape index (κ2) is 5.39. The highest BCUT2D eigenvalue weighted by Gasteiger charge is 2.38. The predicted octanol–water partition coefficient (Wildman–Crippen LogP) is 3.24. The van der Waals surface area contributed by atoms with Crippen LogP contribution in [0.25, 0.3) is 11.4 Å². The van der Waals surface area contributed by atoms with Crippen molar-refractivity contribution in [2.24, 2.45) is 0 Å².